The van der Waals surface area contributed by atoms with Crippen LogP contribution in [0.15, 0.2) is 12.1 Å². The molecule has 0 saturated carbocycles. The Kier molecular flexibility index (Phi) is 7.33. The van der Waals surface area contributed by atoms with Crippen LogP contribution in [0.4, 0.5) is 0 Å². The number of methoxy groups -OCH3 is 2. The lowest BCUT2D eigenvalue weighted by atomic mass is 9.82. The summed E-state index contributed by atoms with van der Waals surface area (Å²) in [5.74, 6) is 1.89. The Hall–Kier alpha value is -1.05. The monoisotopic (exact) mass is 438 g/mol. The van der Waals surface area contributed by atoms with Gasteiger partial charge in [-0.25, -0.2) is 0 Å². The zero-order valence-corrected chi connectivity index (χ0v) is 20.1. The number of ether oxygens (including phenoxy) is 2. The van der Waals surface area contributed by atoms with E-state index in [2.05, 4.69) is 43.4 Å². The van der Waals surface area contributed by atoms with Crippen molar-refractivity contribution in [2.24, 2.45) is 5.92 Å². The molecule has 5 nitrogen and oxygen atoms in total. The van der Waals surface area contributed by atoms with Gasteiger partial charge in [0.25, 0.3) is 0 Å². The molecule has 2 atom stereocenters. The van der Waals surface area contributed by atoms with Gasteiger partial charge >= 0.3 is 0 Å². The van der Waals surface area contributed by atoms with Crippen LogP contribution in [0.25, 0.3) is 0 Å². The van der Waals surface area contributed by atoms with E-state index in [1.54, 1.807) is 14.2 Å². The highest BCUT2D eigenvalue weighted by Crippen LogP contribution is 2.54. The molecule has 0 aromatic heterocycles. The van der Waals surface area contributed by atoms with Crippen LogP contribution in [0.1, 0.15) is 37.4 Å². The van der Waals surface area contributed by atoms with E-state index in [1.807, 2.05) is 28.4 Å². The van der Waals surface area contributed by atoms with Crippen molar-refractivity contribution in [2.45, 2.75) is 36.8 Å². The molecule has 0 radical (unpaired) electrons. The van der Waals surface area contributed by atoms with Crippen LogP contribution in [0.2, 0.25) is 0 Å². The van der Waals surface area contributed by atoms with E-state index in [9.17, 15) is 4.79 Å². The van der Waals surface area contributed by atoms with E-state index in [1.165, 1.54) is 11.1 Å². The molecule has 2 unspecified atom stereocenters. The van der Waals surface area contributed by atoms with Crippen LogP contribution in [0.5, 0.6) is 11.5 Å². The maximum Gasteiger partial charge on any atom is 0.229 e. The smallest absolute Gasteiger partial charge is 0.229 e. The van der Waals surface area contributed by atoms with Gasteiger partial charge in [-0.3, -0.25) is 9.69 Å². The minimum absolute atomic E-state index is 0.00495. The number of hydrogen-bond acceptors (Lipinski definition) is 6. The van der Waals surface area contributed by atoms with Crippen molar-refractivity contribution in [1.82, 2.24) is 9.80 Å². The number of carbonyl (C=O) groups is 1. The summed E-state index contributed by atoms with van der Waals surface area (Å²) in [5, 5.41) is 0. The summed E-state index contributed by atoms with van der Waals surface area (Å²) in [5.41, 5.74) is 2.67. The summed E-state index contributed by atoms with van der Waals surface area (Å²) in [6.07, 6.45) is 6.25. The first-order valence-corrected chi connectivity index (χ1v) is 12.8. The first-order chi connectivity index (χ1) is 14.0. The van der Waals surface area contributed by atoms with Crippen molar-refractivity contribution in [3.05, 3.63) is 23.3 Å². The zero-order chi connectivity index (χ0) is 21.2. The Morgan fingerprint density at radius 1 is 1.17 bits per heavy atom. The fourth-order valence-corrected chi connectivity index (χ4v) is 7.11. The molecule has 0 N–H and O–H groups in total. The largest absolute Gasteiger partial charge is 0.493 e. The summed E-state index contributed by atoms with van der Waals surface area (Å²) in [4.78, 5) is 18.0. The Bertz CT molecular complexity index is 735. The first-order valence-electron chi connectivity index (χ1n) is 10.4. The standard InChI is InChI=1S/C22H34N2O3S2/c1-7-23(8-2)21(25)17-14-24-10-9-15-11-19(26-3)20(27-4)12-16(15)18(24)13-22(17,28-5)29-6/h11-12,17-18H,7-10,13-14H2,1-6H3. The summed E-state index contributed by atoms with van der Waals surface area (Å²) in [6.45, 7) is 7.48. The average molecular weight is 439 g/mol. The fourth-order valence-electron chi connectivity index (χ4n) is 4.88. The fraction of sp³-hybridized carbons (Fsp3) is 0.682. The molecule has 1 aromatic rings. The highest BCUT2D eigenvalue weighted by Gasteiger charge is 2.51. The molecule has 3 rings (SSSR count). The quantitative estimate of drug-likeness (QED) is 0.601. The van der Waals surface area contributed by atoms with Crippen molar-refractivity contribution in [2.75, 3.05) is 52.9 Å². The molecule has 1 fully saturated rings. The first kappa shape index (κ1) is 22.6. The summed E-state index contributed by atoms with van der Waals surface area (Å²) >= 11 is 3.70. The number of thioether (sulfide) groups is 2. The molecule has 0 aliphatic carbocycles. The molecule has 1 amide bonds. The molecule has 162 valence electrons. The van der Waals surface area contributed by atoms with Crippen molar-refractivity contribution in [3.63, 3.8) is 0 Å². The Balaban J connectivity index is 1.99. The van der Waals surface area contributed by atoms with Gasteiger partial charge in [0.1, 0.15) is 0 Å². The van der Waals surface area contributed by atoms with Gasteiger partial charge < -0.3 is 14.4 Å². The van der Waals surface area contributed by atoms with E-state index in [0.717, 1.165) is 50.5 Å². The summed E-state index contributed by atoms with van der Waals surface area (Å²) in [6, 6.07) is 4.60. The predicted molar refractivity (Wildman–Crippen MR) is 123 cm³/mol. The second-order valence-corrected chi connectivity index (χ2v) is 10.2. The molecule has 0 spiro atoms. The second kappa shape index (κ2) is 9.40. The van der Waals surface area contributed by atoms with Crippen molar-refractivity contribution in [3.8, 4) is 11.5 Å². The summed E-state index contributed by atoms with van der Waals surface area (Å²) in [7, 11) is 3.38. The number of hydrogen-bond donors (Lipinski definition) is 0. The van der Waals surface area contributed by atoms with Crippen LogP contribution in [0, 0.1) is 5.92 Å². The number of rotatable bonds is 7. The average Bonchev–Trinajstić information content (AvgIpc) is 2.77. The molecule has 2 aliphatic rings. The molecule has 29 heavy (non-hydrogen) atoms. The van der Waals surface area contributed by atoms with E-state index in [4.69, 9.17) is 9.47 Å². The third-order valence-corrected chi connectivity index (χ3v) is 9.89. The molecule has 1 saturated heterocycles. The van der Waals surface area contributed by atoms with E-state index < -0.39 is 0 Å². The molecular formula is C22H34N2O3S2. The number of benzene rings is 1. The topological polar surface area (TPSA) is 42.0 Å². The highest BCUT2D eigenvalue weighted by atomic mass is 32.2. The minimum atomic E-state index is -0.122. The van der Waals surface area contributed by atoms with E-state index >= 15 is 0 Å². The van der Waals surface area contributed by atoms with Gasteiger partial charge in [-0.15, -0.1) is 23.5 Å². The molecule has 7 heteroatoms. The Morgan fingerprint density at radius 2 is 1.79 bits per heavy atom. The molecular weight excluding hydrogens is 404 g/mol. The predicted octanol–water partition coefficient (Wildman–Crippen LogP) is 3.91. The van der Waals surface area contributed by atoms with Gasteiger partial charge in [0.15, 0.2) is 11.5 Å². The van der Waals surface area contributed by atoms with Crippen LogP contribution in [-0.4, -0.2) is 72.7 Å². The van der Waals surface area contributed by atoms with E-state index in [0.29, 0.717) is 11.9 Å². The van der Waals surface area contributed by atoms with Gasteiger partial charge in [0.2, 0.25) is 5.91 Å². The van der Waals surface area contributed by atoms with Gasteiger partial charge in [-0.2, -0.15) is 0 Å². The molecule has 1 aromatic carbocycles. The highest BCUT2D eigenvalue weighted by molar-refractivity contribution is 8.17. The Morgan fingerprint density at radius 3 is 2.34 bits per heavy atom. The lowest BCUT2D eigenvalue weighted by Crippen LogP contribution is -2.57. The van der Waals surface area contributed by atoms with Crippen LogP contribution < -0.4 is 9.47 Å². The maximum absolute atomic E-state index is 13.4. The number of carbonyl (C=O) groups excluding carboxylic acids is 1. The number of fused-ring (bicyclic) bond motifs is 3. The number of nitrogens with zero attached hydrogens (tertiary/aromatic N) is 2. The Labute approximate surface area is 183 Å². The van der Waals surface area contributed by atoms with E-state index in [-0.39, 0.29) is 10.00 Å². The lowest BCUT2D eigenvalue weighted by Gasteiger charge is -2.52. The molecule has 0 bridgehead atoms. The third-order valence-electron chi connectivity index (χ3n) is 6.60. The van der Waals surface area contributed by atoms with Crippen LogP contribution in [0.3, 0.4) is 0 Å². The van der Waals surface area contributed by atoms with Gasteiger partial charge in [-0.05, 0) is 62.5 Å². The minimum Gasteiger partial charge on any atom is -0.493 e. The lowest BCUT2D eigenvalue weighted by molar-refractivity contribution is -0.137. The number of amides is 1. The molecule has 2 heterocycles. The normalized spacial score (nSPS) is 23.1. The van der Waals surface area contributed by atoms with Crippen LogP contribution >= 0.6 is 23.5 Å². The van der Waals surface area contributed by atoms with Crippen molar-refractivity contribution in [1.29, 1.82) is 0 Å². The van der Waals surface area contributed by atoms with Crippen molar-refractivity contribution < 1.29 is 14.3 Å². The van der Waals surface area contributed by atoms with Crippen molar-refractivity contribution >= 4 is 29.4 Å². The third kappa shape index (κ3) is 3.98. The van der Waals surface area contributed by atoms with Gasteiger partial charge in [0.05, 0.1) is 24.2 Å². The molecule has 2 aliphatic heterocycles. The van der Waals surface area contributed by atoms with Crippen LogP contribution in [-0.2, 0) is 11.2 Å². The van der Waals surface area contributed by atoms with Gasteiger partial charge in [-0.1, -0.05) is 0 Å². The maximum atomic E-state index is 13.4. The van der Waals surface area contributed by atoms with Gasteiger partial charge in [0, 0.05) is 32.2 Å². The second-order valence-electron chi connectivity index (χ2n) is 7.65. The number of piperidine rings is 1. The zero-order valence-electron chi connectivity index (χ0n) is 18.5. The SMILES string of the molecule is CCN(CC)C(=O)C1CN2CCc3cc(OC)c(OC)cc3C2CC1(SC)SC. The summed E-state index contributed by atoms with van der Waals surface area (Å²) < 4.78 is 11.0.